The first kappa shape index (κ1) is 18.0. The van der Waals surface area contributed by atoms with Gasteiger partial charge in [0, 0.05) is 38.6 Å². The molecule has 0 aromatic carbocycles. The number of nitrogens with one attached hydrogen (secondary N) is 2. The van der Waals surface area contributed by atoms with Gasteiger partial charge in [0.2, 0.25) is 0 Å². The molecule has 6 heteroatoms. The number of hydrogen-bond donors (Lipinski definition) is 2. The van der Waals surface area contributed by atoms with Gasteiger partial charge in [-0.25, -0.2) is 4.79 Å². The second kappa shape index (κ2) is 7.95. The third kappa shape index (κ3) is 5.08. The van der Waals surface area contributed by atoms with Gasteiger partial charge in [0.1, 0.15) is 0 Å². The summed E-state index contributed by atoms with van der Waals surface area (Å²) in [7, 11) is 0. The minimum absolute atomic E-state index is 0.0881. The normalized spacial score (nSPS) is 14.8. The van der Waals surface area contributed by atoms with Gasteiger partial charge in [0.25, 0.3) is 5.91 Å². The number of rotatable bonds is 4. The quantitative estimate of drug-likeness (QED) is 0.656. The molecule has 1 aliphatic heterocycles. The summed E-state index contributed by atoms with van der Waals surface area (Å²) >= 11 is 0. The molecule has 1 aromatic heterocycles. The van der Waals surface area contributed by atoms with Crippen LogP contribution in [0.15, 0.2) is 36.2 Å². The average Bonchev–Trinajstić information content (AvgIpc) is 2.58. The van der Waals surface area contributed by atoms with Crippen molar-refractivity contribution >= 4 is 11.9 Å². The van der Waals surface area contributed by atoms with E-state index in [-0.39, 0.29) is 17.4 Å². The van der Waals surface area contributed by atoms with Crippen molar-refractivity contribution in [3.8, 4) is 0 Å². The molecule has 24 heavy (non-hydrogen) atoms. The van der Waals surface area contributed by atoms with E-state index in [1.165, 1.54) is 11.8 Å². The lowest BCUT2D eigenvalue weighted by Gasteiger charge is -2.32. The fraction of sp³-hybridized carbons (Fsp3) is 0.500. The first-order chi connectivity index (χ1) is 11.4. The van der Waals surface area contributed by atoms with Crippen molar-refractivity contribution in [2.24, 2.45) is 5.41 Å². The van der Waals surface area contributed by atoms with Gasteiger partial charge in [-0.2, -0.15) is 0 Å². The third-order valence-corrected chi connectivity index (χ3v) is 4.07. The van der Waals surface area contributed by atoms with Crippen LogP contribution in [0.5, 0.6) is 0 Å². The van der Waals surface area contributed by atoms with Crippen LogP contribution in [0.1, 0.15) is 37.6 Å². The maximum absolute atomic E-state index is 12.1. The van der Waals surface area contributed by atoms with Crippen molar-refractivity contribution in [1.82, 2.24) is 20.5 Å². The highest BCUT2D eigenvalue weighted by Gasteiger charge is 2.23. The van der Waals surface area contributed by atoms with Gasteiger partial charge >= 0.3 is 6.03 Å². The summed E-state index contributed by atoms with van der Waals surface area (Å²) in [4.78, 5) is 29.7. The van der Waals surface area contributed by atoms with Crippen molar-refractivity contribution in [3.63, 3.8) is 0 Å². The average molecular weight is 330 g/mol. The molecule has 1 aromatic rings. The second-order valence-corrected chi connectivity index (χ2v) is 6.90. The number of hydrogen-bond acceptors (Lipinski definition) is 3. The Labute approximate surface area is 143 Å². The van der Waals surface area contributed by atoms with Crippen molar-refractivity contribution in [1.29, 1.82) is 0 Å². The summed E-state index contributed by atoms with van der Waals surface area (Å²) in [5, 5.41) is 5.60. The van der Waals surface area contributed by atoms with Crippen LogP contribution < -0.4 is 10.6 Å². The van der Waals surface area contributed by atoms with Gasteiger partial charge in [-0.15, -0.1) is 0 Å². The topological polar surface area (TPSA) is 74.3 Å². The maximum atomic E-state index is 12.1. The summed E-state index contributed by atoms with van der Waals surface area (Å²) in [6.07, 6.45) is 6.19. The van der Waals surface area contributed by atoms with E-state index in [0.717, 1.165) is 13.0 Å². The Morgan fingerprint density at radius 1 is 1.25 bits per heavy atom. The summed E-state index contributed by atoms with van der Waals surface area (Å²) in [6, 6.07) is 3.33. The van der Waals surface area contributed by atoms with Gasteiger partial charge in [0.05, 0.1) is 5.56 Å². The number of pyridine rings is 1. The van der Waals surface area contributed by atoms with Gasteiger partial charge < -0.3 is 15.5 Å². The fourth-order valence-electron chi connectivity index (χ4n) is 2.59. The lowest BCUT2D eigenvalue weighted by Crippen LogP contribution is -2.45. The zero-order valence-corrected chi connectivity index (χ0v) is 14.6. The second-order valence-electron chi connectivity index (χ2n) is 6.90. The van der Waals surface area contributed by atoms with E-state index in [0.29, 0.717) is 25.2 Å². The Morgan fingerprint density at radius 2 is 2.00 bits per heavy atom. The molecule has 6 nitrogen and oxygen atoms in total. The summed E-state index contributed by atoms with van der Waals surface area (Å²) in [5.74, 6) is -0.187. The van der Waals surface area contributed by atoms with Gasteiger partial charge in [-0.3, -0.25) is 9.78 Å². The largest absolute Gasteiger partial charge is 0.350 e. The maximum Gasteiger partial charge on any atom is 0.317 e. The number of carbonyl (C=O) groups is 2. The predicted octanol–water partition coefficient (Wildman–Crippen LogP) is 2.20. The van der Waals surface area contributed by atoms with Gasteiger partial charge in [0.15, 0.2) is 0 Å². The smallest absolute Gasteiger partial charge is 0.317 e. The molecule has 0 unspecified atom stereocenters. The molecular formula is C18H26N4O2. The molecule has 0 radical (unpaired) electrons. The summed E-state index contributed by atoms with van der Waals surface area (Å²) < 4.78 is 0. The van der Waals surface area contributed by atoms with Crippen LogP contribution in [0.2, 0.25) is 0 Å². The third-order valence-electron chi connectivity index (χ3n) is 4.07. The number of amides is 3. The molecule has 3 amide bonds. The van der Waals surface area contributed by atoms with E-state index in [1.54, 1.807) is 23.2 Å². The molecule has 0 spiro atoms. The molecule has 0 atom stereocenters. The highest BCUT2D eigenvalue weighted by atomic mass is 16.2. The van der Waals surface area contributed by atoms with E-state index >= 15 is 0 Å². The lowest BCUT2D eigenvalue weighted by atomic mass is 9.83. The minimum atomic E-state index is -0.187. The minimum Gasteiger partial charge on any atom is -0.350 e. The first-order valence-corrected chi connectivity index (χ1v) is 8.28. The monoisotopic (exact) mass is 330 g/mol. The zero-order chi connectivity index (χ0) is 17.6. The van der Waals surface area contributed by atoms with Gasteiger partial charge in [-0.05, 0) is 24.0 Å². The van der Waals surface area contributed by atoms with E-state index in [9.17, 15) is 9.59 Å². The van der Waals surface area contributed by atoms with Crippen LogP contribution in [-0.4, -0.2) is 48.0 Å². The van der Waals surface area contributed by atoms with E-state index in [1.807, 2.05) is 0 Å². The molecular weight excluding hydrogens is 304 g/mol. The Hall–Kier alpha value is -2.37. The van der Waals surface area contributed by atoms with Crippen LogP contribution in [0.3, 0.4) is 0 Å². The Morgan fingerprint density at radius 3 is 2.58 bits per heavy atom. The molecule has 130 valence electrons. The summed E-state index contributed by atoms with van der Waals surface area (Å²) in [6.45, 7) is 8.74. The summed E-state index contributed by atoms with van der Waals surface area (Å²) in [5.41, 5.74) is 2.08. The van der Waals surface area contributed by atoms with Crippen molar-refractivity contribution in [2.75, 3.05) is 26.2 Å². The molecule has 0 saturated carbocycles. The number of aromatic nitrogens is 1. The highest BCUT2D eigenvalue weighted by molar-refractivity contribution is 5.93. The van der Waals surface area contributed by atoms with E-state index in [2.05, 4.69) is 42.5 Å². The number of carbonyl (C=O) groups excluding carboxylic acids is 2. The van der Waals surface area contributed by atoms with Crippen LogP contribution in [-0.2, 0) is 0 Å². The molecule has 0 saturated heterocycles. The predicted molar refractivity (Wildman–Crippen MR) is 93.7 cm³/mol. The van der Waals surface area contributed by atoms with Crippen LogP contribution in [0.25, 0.3) is 0 Å². The number of urea groups is 1. The molecule has 2 N–H and O–H groups in total. The van der Waals surface area contributed by atoms with Crippen LogP contribution in [0, 0.1) is 5.41 Å². The standard InChI is InChI=1S/C18H26N4O2/c1-18(2,3)15-6-11-22(12-7-15)17(24)21-10-9-20-16(23)14-5-4-8-19-13-14/h4-6,8,13H,7,9-12H2,1-3H3,(H,20,23)(H,21,24). The fourth-order valence-corrected chi connectivity index (χ4v) is 2.59. The molecule has 2 heterocycles. The Bertz CT molecular complexity index is 605. The van der Waals surface area contributed by atoms with E-state index < -0.39 is 0 Å². The van der Waals surface area contributed by atoms with Crippen LogP contribution in [0.4, 0.5) is 4.79 Å². The van der Waals surface area contributed by atoms with E-state index in [4.69, 9.17) is 0 Å². The molecule has 0 fully saturated rings. The Balaban J connectivity index is 1.69. The van der Waals surface area contributed by atoms with Gasteiger partial charge in [-0.1, -0.05) is 32.4 Å². The van der Waals surface area contributed by atoms with Crippen molar-refractivity contribution < 1.29 is 9.59 Å². The lowest BCUT2D eigenvalue weighted by molar-refractivity contribution is 0.0953. The highest BCUT2D eigenvalue weighted by Crippen LogP contribution is 2.29. The molecule has 0 aliphatic carbocycles. The number of nitrogens with zero attached hydrogens (tertiary/aromatic N) is 2. The van der Waals surface area contributed by atoms with Crippen molar-refractivity contribution in [2.45, 2.75) is 27.2 Å². The zero-order valence-electron chi connectivity index (χ0n) is 14.6. The van der Waals surface area contributed by atoms with Crippen molar-refractivity contribution in [3.05, 3.63) is 41.7 Å². The SMILES string of the molecule is CC(C)(C)C1=CCN(C(=O)NCCNC(=O)c2cccnc2)CC1. The molecule has 1 aliphatic rings. The van der Waals surface area contributed by atoms with Crippen LogP contribution >= 0.6 is 0 Å². The molecule has 0 bridgehead atoms. The Kier molecular flexibility index (Phi) is 5.95. The molecule has 2 rings (SSSR count). The first-order valence-electron chi connectivity index (χ1n) is 8.28.